The van der Waals surface area contributed by atoms with Gasteiger partial charge < -0.3 is 10.1 Å². The lowest BCUT2D eigenvalue weighted by Crippen LogP contribution is -2.32. The summed E-state index contributed by atoms with van der Waals surface area (Å²) < 4.78 is 7.45. The van der Waals surface area contributed by atoms with E-state index in [9.17, 15) is 0 Å². The van der Waals surface area contributed by atoms with Gasteiger partial charge in [-0.1, -0.05) is 0 Å². The second kappa shape index (κ2) is 6.66. The summed E-state index contributed by atoms with van der Waals surface area (Å²) in [4.78, 5) is 0. The second-order valence-corrected chi connectivity index (χ2v) is 4.43. The van der Waals surface area contributed by atoms with E-state index in [1.165, 1.54) is 5.56 Å². The van der Waals surface area contributed by atoms with Crippen molar-refractivity contribution in [3.63, 3.8) is 0 Å². The SMILES string of the molecule is CNC(CCc1cnn(C)c1)COC(C)C. The second-order valence-electron chi connectivity index (χ2n) is 4.43. The van der Waals surface area contributed by atoms with E-state index < -0.39 is 0 Å². The first-order valence-corrected chi connectivity index (χ1v) is 5.88. The first kappa shape index (κ1) is 13.2. The van der Waals surface area contributed by atoms with Gasteiger partial charge in [-0.25, -0.2) is 0 Å². The molecule has 1 aromatic heterocycles. The van der Waals surface area contributed by atoms with Gasteiger partial charge in [-0.05, 0) is 39.3 Å². The number of likely N-dealkylation sites (N-methyl/N-ethyl adjacent to an activating group) is 1. The summed E-state index contributed by atoms with van der Waals surface area (Å²) in [6.07, 6.45) is 6.41. The van der Waals surface area contributed by atoms with E-state index >= 15 is 0 Å². The van der Waals surface area contributed by atoms with Crippen LogP contribution < -0.4 is 5.32 Å². The van der Waals surface area contributed by atoms with E-state index in [4.69, 9.17) is 4.74 Å². The number of ether oxygens (including phenoxy) is 1. The Labute approximate surface area is 98.0 Å². The van der Waals surface area contributed by atoms with E-state index in [-0.39, 0.29) is 0 Å². The Morgan fingerprint density at radius 1 is 1.50 bits per heavy atom. The van der Waals surface area contributed by atoms with Gasteiger partial charge in [0.15, 0.2) is 0 Å². The van der Waals surface area contributed by atoms with Crippen LogP contribution in [0.4, 0.5) is 0 Å². The molecule has 4 heteroatoms. The van der Waals surface area contributed by atoms with Crippen molar-refractivity contribution in [2.24, 2.45) is 7.05 Å². The predicted octanol–water partition coefficient (Wildman–Crippen LogP) is 1.37. The lowest BCUT2D eigenvalue weighted by Gasteiger charge is -2.17. The Bertz CT molecular complexity index is 296. The molecule has 0 aliphatic heterocycles. The summed E-state index contributed by atoms with van der Waals surface area (Å²) in [5, 5.41) is 7.44. The normalized spacial score (nSPS) is 13.3. The van der Waals surface area contributed by atoms with Crippen molar-refractivity contribution in [3.8, 4) is 0 Å². The lowest BCUT2D eigenvalue weighted by atomic mass is 10.1. The van der Waals surface area contributed by atoms with Gasteiger partial charge in [-0.15, -0.1) is 0 Å². The molecule has 16 heavy (non-hydrogen) atoms. The predicted molar refractivity (Wildman–Crippen MR) is 65.5 cm³/mol. The highest BCUT2D eigenvalue weighted by Crippen LogP contribution is 2.05. The van der Waals surface area contributed by atoms with Gasteiger partial charge in [0.1, 0.15) is 0 Å². The van der Waals surface area contributed by atoms with E-state index in [1.54, 1.807) is 0 Å². The van der Waals surface area contributed by atoms with E-state index in [2.05, 4.69) is 30.5 Å². The van der Waals surface area contributed by atoms with Crippen molar-refractivity contribution in [1.29, 1.82) is 0 Å². The van der Waals surface area contributed by atoms with Gasteiger partial charge in [-0.2, -0.15) is 5.10 Å². The number of aromatic nitrogens is 2. The fraction of sp³-hybridized carbons (Fsp3) is 0.750. The maximum absolute atomic E-state index is 5.61. The third kappa shape index (κ3) is 4.77. The summed E-state index contributed by atoms with van der Waals surface area (Å²) in [5.41, 5.74) is 1.28. The van der Waals surface area contributed by atoms with Crippen molar-refractivity contribution in [3.05, 3.63) is 18.0 Å². The maximum atomic E-state index is 5.61. The highest BCUT2D eigenvalue weighted by molar-refractivity contribution is 5.03. The summed E-state index contributed by atoms with van der Waals surface area (Å²) >= 11 is 0. The van der Waals surface area contributed by atoms with Gasteiger partial charge in [0.05, 0.1) is 18.9 Å². The quantitative estimate of drug-likeness (QED) is 0.761. The molecule has 1 atom stereocenters. The van der Waals surface area contributed by atoms with Crippen molar-refractivity contribution in [1.82, 2.24) is 15.1 Å². The van der Waals surface area contributed by atoms with Gasteiger partial charge >= 0.3 is 0 Å². The molecule has 0 aliphatic carbocycles. The van der Waals surface area contributed by atoms with Gasteiger partial charge in [0.25, 0.3) is 0 Å². The Morgan fingerprint density at radius 2 is 2.25 bits per heavy atom. The molecule has 0 saturated heterocycles. The van der Waals surface area contributed by atoms with Crippen LogP contribution in [0.25, 0.3) is 0 Å². The molecule has 0 radical (unpaired) electrons. The van der Waals surface area contributed by atoms with Crippen molar-refractivity contribution < 1.29 is 4.74 Å². The molecule has 0 bridgehead atoms. The van der Waals surface area contributed by atoms with Crippen LogP contribution in [0.5, 0.6) is 0 Å². The topological polar surface area (TPSA) is 39.1 Å². The summed E-state index contributed by atoms with van der Waals surface area (Å²) in [5.74, 6) is 0. The average Bonchev–Trinajstić information content (AvgIpc) is 2.64. The Balaban J connectivity index is 2.28. The monoisotopic (exact) mass is 225 g/mol. The van der Waals surface area contributed by atoms with Gasteiger partial charge in [0.2, 0.25) is 0 Å². The summed E-state index contributed by atoms with van der Waals surface area (Å²) in [6.45, 7) is 4.90. The van der Waals surface area contributed by atoms with Crippen LogP contribution in [0.2, 0.25) is 0 Å². The van der Waals surface area contributed by atoms with Crippen molar-refractivity contribution >= 4 is 0 Å². The number of nitrogens with zero attached hydrogens (tertiary/aromatic N) is 2. The first-order chi connectivity index (χ1) is 7.61. The molecule has 0 aromatic carbocycles. The molecule has 1 rings (SSSR count). The molecule has 92 valence electrons. The number of hydrogen-bond donors (Lipinski definition) is 1. The fourth-order valence-electron chi connectivity index (χ4n) is 1.56. The lowest BCUT2D eigenvalue weighted by molar-refractivity contribution is 0.0611. The Hall–Kier alpha value is -0.870. The minimum absolute atomic E-state index is 0.300. The van der Waals surface area contributed by atoms with Crippen LogP contribution in [-0.4, -0.2) is 35.6 Å². The minimum atomic E-state index is 0.300. The average molecular weight is 225 g/mol. The molecule has 0 amide bonds. The van der Waals surface area contributed by atoms with Crippen molar-refractivity contribution in [2.45, 2.75) is 38.8 Å². The van der Waals surface area contributed by atoms with E-state index in [0.717, 1.165) is 19.4 Å². The number of aryl methyl sites for hydroxylation is 2. The minimum Gasteiger partial charge on any atom is -0.377 e. The number of hydrogen-bond acceptors (Lipinski definition) is 3. The third-order valence-corrected chi connectivity index (χ3v) is 2.58. The number of rotatable bonds is 7. The molecule has 4 nitrogen and oxygen atoms in total. The first-order valence-electron chi connectivity index (χ1n) is 5.88. The van der Waals surface area contributed by atoms with E-state index in [1.807, 2.05) is 25.0 Å². The van der Waals surface area contributed by atoms with Gasteiger partial charge in [-0.3, -0.25) is 4.68 Å². The Morgan fingerprint density at radius 3 is 2.75 bits per heavy atom. The molecular weight excluding hydrogens is 202 g/mol. The van der Waals surface area contributed by atoms with Crippen LogP contribution in [0, 0.1) is 0 Å². The standard InChI is InChI=1S/C12H23N3O/c1-10(2)16-9-12(13-3)6-5-11-7-14-15(4)8-11/h7-8,10,12-13H,5-6,9H2,1-4H3. The molecule has 0 fully saturated rings. The van der Waals surface area contributed by atoms with Crippen LogP contribution in [0.15, 0.2) is 12.4 Å². The zero-order valence-corrected chi connectivity index (χ0v) is 10.7. The molecule has 1 N–H and O–H groups in total. The molecule has 0 aliphatic rings. The van der Waals surface area contributed by atoms with Crippen LogP contribution in [-0.2, 0) is 18.2 Å². The zero-order valence-electron chi connectivity index (χ0n) is 10.7. The maximum Gasteiger partial charge on any atom is 0.0623 e. The molecule has 0 saturated carbocycles. The van der Waals surface area contributed by atoms with E-state index in [0.29, 0.717) is 12.1 Å². The summed E-state index contributed by atoms with van der Waals surface area (Å²) in [6, 6.07) is 0.419. The fourth-order valence-corrected chi connectivity index (χ4v) is 1.56. The van der Waals surface area contributed by atoms with Crippen LogP contribution in [0.1, 0.15) is 25.8 Å². The molecule has 1 aromatic rings. The highest BCUT2D eigenvalue weighted by atomic mass is 16.5. The molecule has 0 spiro atoms. The third-order valence-electron chi connectivity index (χ3n) is 2.58. The largest absolute Gasteiger partial charge is 0.377 e. The van der Waals surface area contributed by atoms with Gasteiger partial charge in [0, 0.05) is 19.3 Å². The summed E-state index contributed by atoms with van der Waals surface area (Å²) in [7, 11) is 3.93. The van der Waals surface area contributed by atoms with Crippen LogP contribution in [0.3, 0.4) is 0 Å². The molecule has 1 heterocycles. The number of nitrogens with one attached hydrogen (secondary N) is 1. The van der Waals surface area contributed by atoms with Crippen molar-refractivity contribution in [2.75, 3.05) is 13.7 Å². The molecule has 1 unspecified atom stereocenters. The van der Waals surface area contributed by atoms with Crippen LogP contribution >= 0.6 is 0 Å². The Kier molecular flexibility index (Phi) is 5.49. The smallest absolute Gasteiger partial charge is 0.0623 e. The highest BCUT2D eigenvalue weighted by Gasteiger charge is 2.08. The zero-order chi connectivity index (χ0) is 12.0. The molecular formula is C12H23N3O.